The molecule has 0 bridgehead atoms. The molecular formula is C19H22N2O3. The third-order valence-corrected chi connectivity index (χ3v) is 3.81. The van der Waals surface area contributed by atoms with Crippen LogP contribution >= 0.6 is 0 Å². The normalized spacial score (nSPS) is 15.9. The number of para-hydroxylation sites is 1. The minimum absolute atomic E-state index is 0.0846. The molecule has 2 aromatic rings. The van der Waals surface area contributed by atoms with E-state index >= 15 is 0 Å². The molecule has 1 atom stereocenters. The number of hydrogen-bond acceptors (Lipinski definition) is 4. The number of rotatable bonds is 6. The maximum atomic E-state index is 12.3. The van der Waals surface area contributed by atoms with Crippen LogP contribution in [0.5, 0.6) is 11.5 Å². The topological polar surface area (TPSA) is 59.6 Å². The Morgan fingerprint density at radius 3 is 2.62 bits per heavy atom. The van der Waals surface area contributed by atoms with Gasteiger partial charge in [0.25, 0.3) is 5.91 Å². The number of benzene rings is 2. The zero-order valence-corrected chi connectivity index (χ0v) is 14.0. The number of anilines is 1. The Labute approximate surface area is 142 Å². The van der Waals surface area contributed by atoms with Crippen LogP contribution in [0.3, 0.4) is 0 Å². The summed E-state index contributed by atoms with van der Waals surface area (Å²) in [6.45, 7) is 5.20. The summed E-state index contributed by atoms with van der Waals surface area (Å²) in [6.07, 6.45) is 0.636. The van der Waals surface area contributed by atoms with E-state index in [1.54, 1.807) is 6.07 Å². The van der Waals surface area contributed by atoms with Crippen LogP contribution in [0.15, 0.2) is 42.5 Å². The molecular weight excluding hydrogens is 304 g/mol. The van der Waals surface area contributed by atoms with Crippen molar-refractivity contribution in [3.05, 3.63) is 53.6 Å². The van der Waals surface area contributed by atoms with Crippen molar-refractivity contribution in [3.63, 3.8) is 0 Å². The van der Waals surface area contributed by atoms with Gasteiger partial charge in [-0.2, -0.15) is 0 Å². The predicted octanol–water partition coefficient (Wildman–Crippen LogP) is 3.73. The molecule has 0 fully saturated rings. The molecule has 0 radical (unpaired) electrons. The van der Waals surface area contributed by atoms with Crippen molar-refractivity contribution in [1.82, 2.24) is 5.32 Å². The van der Waals surface area contributed by atoms with Gasteiger partial charge in [-0.05, 0) is 43.2 Å². The summed E-state index contributed by atoms with van der Waals surface area (Å²) in [5.74, 6) is 1.34. The maximum absolute atomic E-state index is 12.3. The second-order valence-corrected chi connectivity index (χ2v) is 5.58. The van der Waals surface area contributed by atoms with E-state index in [2.05, 4.69) is 17.6 Å². The van der Waals surface area contributed by atoms with E-state index in [-0.39, 0.29) is 12.1 Å². The highest BCUT2D eigenvalue weighted by Crippen LogP contribution is 2.33. The van der Waals surface area contributed by atoms with E-state index in [1.165, 1.54) is 0 Å². The zero-order chi connectivity index (χ0) is 16.9. The number of carbonyl (C=O) groups is 1. The number of fused-ring (bicyclic) bond motifs is 1. The van der Waals surface area contributed by atoms with Crippen LogP contribution in [-0.2, 0) is 0 Å². The number of hydrogen-bond donors (Lipinski definition) is 2. The lowest BCUT2D eigenvalue weighted by molar-refractivity contribution is 0.0935. The molecule has 0 unspecified atom stereocenters. The third-order valence-electron chi connectivity index (χ3n) is 3.81. The van der Waals surface area contributed by atoms with Crippen LogP contribution in [0.4, 0.5) is 5.69 Å². The first kappa shape index (κ1) is 16.2. The molecule has 0 saturated heterocycles. The smallest absolute Gasteiger partial charge is 0.255 e. The summed E-state index contributed by atoms with van der Waals surface area (Å²) < 4.78 is 11.4. The van der Waals surface area contributed by atoms with Crippen molar-refractivity contribution in [2.45, 2.75) is 26.4 Å². The fourth-order valence-corrected chi connectivity index (χ4v) is 2.68. The highest BCUT2D eigenvalue weighted by Gasteiger charge is 2.24. The molecule has 1 aliphatic heterocycles. The molecule has 1 amide bonds. The largest absolute Gasteiger partial charge is 0.490 e. The SMILES string of the molecule is CCCOc1ccc([C@H]2NC(=O)c3ccccc3N2)cc1OCC. The molecule has 0 aliphatic carbocycles. The lowest BCUT2D eigenvalue weighted by Gasteiger charge is -2.28. The first-order valence-electron chi connectivity index (χ1n) is 8.29. The monoisotopic (exact) mass is 326 g/mol. The molecule has 24 heavy (non-hydrogen) atoms. The summed E-state index contributed by atoms with van der Waals surface area (Å²) >= 11 is 0. The van der Waals surface area contributed by atoms with Crippen LogP contribution in [0.25, 0.3) is 0 Å². The number of amides is 1. The van der Waals surface area contributed by atoms with Crippen LogP contribution in [0.1, 0.15) is 42.4 Å². The summed E-state index contributed by atoms with van der Waals surface area (Å²) in [7, 11) is 0. The minimum Gasteiger partial charge on any atom is -0.490 e. The molecule has 2 aromatic carbocycles. The Balaban J connectivity index is 1.87. The molecule has 3 rings (SSSR count). The molecule has 5 heteroatoms. The Kier molecular flexibility index (Phi) is 4.89. The zero-order valence-electron chi connectivity index (χ0n) is 14.0. The summed E-state index contributed by atoms with van der Waals surface area (Å²) in [6, 6.07) is 13.2. The Morgan fingerprint density at radius 1 is 1.00 bits per heavy atom. The van der Waals surface area contributed by atoms with Crippen molar-refractivity contribution in [2.75, 3.05) is 18.5 Å². The lowest BCUT2D eigenvalue weighted by atomic mass is 10.1. The Hall–Kier alpha value is -2.69. The lowest BCUT2D eigenvalue weighted by Crippen LogP contribution is -2.38. The molecule has 1 heterocycles. The van der Waals surface area contributed by atoms with Crippen molar-refractivity contribution >= 4 is 11.6 Å². The van der Waals surface area contributed by atoms with Crippen molar-refractivity contribution in [1.29, 1.82) is 0 Å². The van der Waals surface area contributed by atoms with Crippen LogP contribution in [0.2, 0.25) is 0 Å². The summed E-state index contributed by atoms with van der Waals surface area (Å²) in [5.41, 5.74) is 2.40. The van der Waals surface area contributed by atoms with Crippen LogP contribution < -0.4 is 20.1 Å². The van der Waals surface area contributed by atoms with Gasteiger partial charge in [-0.15, -0.1) is 0 Å². The molecule has 5 nitrogen and oxygen atoms in total. The fraction of sp³-hybridized carbons (Fsp3) is 0.316. The van der Waals surface area contributed by atoms with Crippen molar-refractivity contribution in [2.24, 2.45) is 0 Å². The van der Waals surface area contributed by atoms with Gasteiger partial charge in [0.1, 0.15) is 6.17 Å². The van der Waals surface area contributed by atoms with Crippen molar-refractivity contribution in [3.8, 4) is 11.5 Å². The molecule has 0 aromatic heterocycles. The summed E-state index contributed by atoms with van der Waals surface area (Å²) in [5, 5.41) is 6.32. The molecule has 0 saturated carbocycles. The van der Waals surface area contributed by atoms with Gasteiger partial charge in [-0.1, -0.05) is 25.1 Å². The van der Waals surface area contributed by atoms with Gasteiger partial charge in [0, 0.05) is 5.69 Å². The standard InChI is InChI=1S/C19H22N2O3/c1-3-11-24-16-10-9-13(12-17(16)23-4-2)18-20-15-8-6-5-7-14(15)19(22)21-18/h5-10,12,18,20H,3-4,11H2,1-2H3,(H,21,22)/t18-/m1/s1. The third kappa shape index (κ3) is 3.30. The van der Waals surface area contributed by atoms with Crippen molar-refractivity contribution < 1.29 is 14.3 Å². The van der Waals surface area contributed by atoms with E-state index in [4.69, 9.17) is 9.47 Å². The van der Waals surface area contributed by atoms with Gasteiger partial charge in [0.05, 0.1) is 18.8 Å². The number of ether oxygens (including phenoxy) is 2. The quantitative estimate of drug-likeness (QED) is 0.849. The van der Waals surface area contributed by atoms with Gasteiger partial charge in [0.15, 0.2) is 11.5 Å². The average molecular weight is 326 g/mol. The van der Waals surface area contributed by atoms with Gasteiger partial charge in [-0.25, -0.2) is 0 Å². The van der Waals surface area contributed by atoms with E-state index < -0.39 is 0 Å². The second kappa shape index (κ2) is 7.25. The average Bonchev–Trinajstić information content (AvgIpc) is 2.61. The maximum Gasteiger partial charge on any atom is 0.255 e. The van der Waals surface area contributed by atoms with Gasteiger partial charge in [0.2, 0.25) is 0 Å². The highest BCUT2D eigenvalue weighted by molar-refractivity contribution is 6.01. The number of carbonyl (C=O) groups excluding carboxylic acids is 1. The predicted molar refractivity (Wildman–Crippen MR) is 93.7 cm³/mol. The second-order valence-electron chi connectivity index (χ2n) is 5.58. The van der Waals surface area contributed by atoms with Gasteiger partial charge in [-0.3, -0.25) is 4.79 Å². The minimum atomic E-state index is -0.299. The van der Waals surface area contributed by atoms with E-state index in [0.29, 0.717) is 24.5 Å². The fourth-order valence-electron chi connectivity index (χ4n) is 2.68. The van der Waals surface area contributed by atoms with E-state index in [1.807, 2.05) is 43.3 Å². The number of nitrogens with one attached hydrogen (secondary N) is 2. The van der Waals surface area contributed by atoms with Gasteiger partial charge < -0.3 is 20.1 Å². The molecule has 0 spiro atoms. The molecule has 126 valence electrons. The van der Waals surface area contributed by atoms with E-state index in [9.17, 15) is 4.79 Å². The first-order valence-corrected chi connectivity index (χ1v) is 8.29. The molecule has 1 aliphatic rings. The summed E-state index contributed by atoms with van der Waals surface area (Å²) in [4.78, 5) is 12.3. The Morgan fingerprint density at radius 2 is 1.83 bits per heavy atom. The first-order chi connectivity index (χ1) is 11.7. The highest BCUT2D eigenvalue weighted by atomic mass is 16.5. The van der Waals surface area contributed by atoms with Crippen LogP contribution in [-0.4, -0.2) is 19.1 Å². The molecule has 2 N–H and O–H groups in total. The van der Waals surface area contributed by atoms with Gasteiger partial charge >= 0.3 is 0 Å². The van der Waals surface area contributed by atoms with E-state index in [0.717, 1.165) is 23.4 Å². The van der Waals surface area contributed by atoms with Crippen LogP contribution in [0, 0.1) is 0 Å². The Bertz CT molecular complexity index is 730.